The van der Waals surface area contributed by atoms with E-state index in [0.717, 1.165) is 11.3 Å². The van der Waals surface area contributed by atoms with Crippen LogP contribution in [0.15, 0.2) is 42.5 Å². The second-order valence-electron chi connectivity index (χ2n) is 5.72. The third-order valence-electron chi connectivity index (χ3n) is 3.74. The predicted octanol–water partition coefficient (Wildman–Crippen LogP) is 4.43. The fourth-order valence-electron chi connectivity index (χ4n) is 2.39. The highest BCUT2D eigenvalue weighted by Gasteiger charge is 2.16. The number of benzene rings is 2. The van der Waals surface area contributed by atoms with E-state index in [1.165, 1.54) is 0 Å². The molecule has 0 bridgehead atoms. The number of ether oxygens (including phenoxy) is 1. The molecule has 0 aliphatic rings. The predicted molar refractivity (Wildman–Crippen MR) is 103 cm³/mol. The molecular weight excluding hydrogens is 361 g/mol. The van der Waals surface area contributed by atoms with Gasteiger partial charge < -0.3 is 20.3 Å². The van der Waals surface area contributed by atoms with Crippen LogP contribution < -0.4 is 15.4 Å². The number of rotatable bonds is 6. The van der Waals surface area contributed by atoms with E-state index in [9.17, 15) is 4.79 Å². The summed E-state index contributed by atoms with van der Waals surface area (Å²) in [6.07, 6.45) is 0. The van der Waals surface area contributed by atoms with Gasteiger partial charge in [-0.2, -0.15) is 0 Å². The monoisotopic (exact) mass is 381 g/mol. The van der Waals surface area contributed by atoms with Crippen LogP contribution in [0.5, 0.6) is 5.75 Å². The maximum Gasteiger partial charge on any atom is 0.319 e. The van der Waals surface area contributed by atoms with Gasteiger partial charge in [-0.3, -0.25) is 0 Å². The number of anilines is 1. The first-order valence-electron chi connectivity index (χ1n) is 7.71. The Balaban J connectivity index is 2.01. The SMILES string of the molecule is COc1cccc(C(CNC(=O)Nc2ccc(Cl)cc2Cl)N(C)C)c1. The Kier molecular flexibility index (Phi) is 6.93. The molecule has 0 heterocycles. The normalized spacial score (nSPS) is 11.9. The van der Waals surface area contributed by atoms with Crippen molar-refractivity contribution in [1.29, 1.82) is 0 Å². The molecule has 0 radical (unpaired) electrons. The van der Waals surface area contributed by atoms with Crippen LogP contribution in [-0.2, 0) is 0 Å². The molecule has 134 valence electrons. The second kappa shape index (κ2) is 8.94. The van der Waals surface area contributed by atoms with Crippen molar-refractivity contribution in [3.05, 3.63) is 58.1 Å². The summed E-state index contributed by atoms with van der Waals surface area (Å²) in [7, 11) is 5.55. The number of methoxy groups -OCH3 is 1. The first-order chi connectivity index (χ1) is 11.9. The molecule has 7 heteroatoms. The van der Waals surface area contributed by atoms with E-state index in [4.69, 9.17) is 27.9 Å². The zero-order valence-electron chi connectivity index (χ0n) is 14.3. The highest BCUT2D eigenvalue weighted by atomic mass is 35.5. The van der Waals surface area contributed by atoms with Crippen LogP contribution in [0, 0.1) is 0 Å². The fourth-order valence-corrected chi connectivity index (χ4v) is 2.85. The van der Waals surface area contributed by atoms with Crippen LogP contribution in [0.2, 0.25) is 10.0 Å². The third-order valence-corrected chi connectivity index (χ3v) is 4.29. The molecule has 25 heavy (non-hydrogen) atoms. The van der Waals surface area contributed by atoms with Gasteiger partial charge in [0.25, 0.3) is 0 Å². The van der Waals surface area contributed by atoms with Crippen molar-refractivity contribution in [3.8, 4) is 5.75 Å². The number of hydrogen-bond acceptors (Lipinski definition) is 3. The largest absolute Gasteiger partial charge is 0.497 e. The minimum atomic E-state index is -0.334. The Hall–Kier alpha value is -1.95. The van der Waals surface area contributed by atoms with E-state index in [-0.39, 0.29) is 12.1 Å². The summed E-state index contributed by atoms with van der Waals surface area (Å²) in [5, 5.41) is 6.49. The number of urea groups is 1. The molecule has 2 aromatic rings. The first-order valence-corrected chi connectivity index (χ1v) is 8.46. The standard InChI is InChI=1S/C18H21Cl2N3O2/c1-23(2)17(12-5-4-6-14(9-12)25-3)11-21-18(24)22-16-8-7-13(19)10-15(16)20/h4-10,17H,11H2,1-3H3,(H2,21,22,24). The fraction of sp³-hybridized carbons (Fsp3) is 0.278. The van der Waals surface area contributed by atoms with Gasteiger partial charge in [0.05, 0.1) is 23.9 Å². The summed E-state index contributed by atoms with van der Waals surface area (Å²) >= 11 is 11.9. The third kappa shape index (κ3) is 5.53. The van der Waals surface area contributed by atoms with E-state index in [1.54, 1.807) is 25.3 Å². The Morgan fingerprint density at radius 3 is 2.60 bits per heavy atom. The average Bonchev–Trinajstić information content (AvgIpc) is 2.57. The summed E-state index contributed by atoms with van der Waals surface area (Å²) < 4.78 is 5.27. The molecule has 0 spiro atoms. The van der Waals surface area contributed by atoms with Gasteiger partial charge in [-0.25, -0.2) is 4.79 Å². The van der Waals surface area contributed by atoms with Crippen molar-refractivity contribution in [2.75, 3.05) is 33.1 Å². The van der Waals surface area contributed by atoms with Crippen molar-refractivity contribution in [2.45, 2.75) is 6.04 Å². The Labute approximate surface area is 157 Å². The van der Waals surface area contributed by atoms with Crippen LogP contribution in [0.25, 0.3) is 0 Å². The lowest BCUT2D eigenvalue weighted by molar-refractivity contribution is 0.243. The minimum absolute atomic E-state index is 0.00143. The van der Waals surface area contributed by atoms with Gasteiger partial charge in [-0.15, -0.1) is 0 Å². The van der Waals surface area contributed by atoms with Gasteiger partial charge in [0.15, 0.2) is 0 Å². The lowest BCUT2D eigenvalue weighted by Crippen LogP contribution is -2.36. The molecule has 0 saturated heterocycles. The van der Waals surface area contributed by atoms with Crippen LogP contribution in [-0.4, -0.2) is 38.7 Å². The maximum atomic E-state index is 12.2. The molecule has 2 rings (SSSR count). The molecule has 5 nitrogen and oxygen atoms in total. The lowest BCUT2D eigenvalue weighted by atomic mass is 10.1. The summed E-state index contributed by atoms with van der Waals surface area (Å²) in [6.45, 7) is 0.428. The highest BCUT2D eigenvalue weighted by molar-refractivity contribution is 6.36. The van der Waals surface area contributed by atoms with Crippen molar-refractivity contribution >= 4 is 34.9 Å². The quantitative estimate of drug-likeness (QED) is 0.777. The number of carbonyl (C=O) groups is 1. The molecule has 0 aliphatic heterocycles. The van der Waals surface area contributed by atoms with E-state index in [2.05, 4.69) is 10.6 Å². The molecule has 0 aliphatic carbocycles. The topological polar surface area (TPSA) is 53.6 Å². The molecule has 0 saturated carbocycles. The first kappa shape index (κ1) is 19.4. The average molecular weight is 382 g/mol. The molecule has 0 aromatic heterocycles. The highest BCUT2D eigenvalue weighted by Crippen LogP contribution is 2.25. The summed E-state index contributed by atoms with van der Waals surface area (Å²) in [5.41, 5.74) is 1.56. The number of nitrogens with zero attached hydrogens (tertiary/aromatic N) is 1. The zero-order valence-corrected chi connectivity index (χ0v) is 15.9. The van der Waals surface area contributed by atoms with E-state index >= 15 is 0 Å². The summed E-state index contributed by atoms with van der Waals surface area (Å²) in [4.78, 5) is 14.2. The zero-order chi connectivity index (χ0) is 18.4. The van der Waals surface area contributed by atoms with Crippen molar-refractivity contribution in [2.24, 2.45) is 0 Å². The molecule has 0 fully saturated rings. The van der Waals surface area contributed by atoms with Crippen molar-refractivity contribution in [1.82, 2.24) is 10.2 Å². The van der Waals surface area contributed by atoms with E-state index in [0.29, 0.717) is 22.3 Å². The number of hydrogen-bond donors (Lipinski definition) is 2. The number of amides is 2. The van der Waals surface area contributed by atoms with Gasteiger partial charge in [-0.1, -0.05) is 35.3 Å². The maximum absolute atomic E-state index is 12.2. The molecule has 1 unspecified atom stereocenters. The molecule has 2 aromatic carbocycles. The van der Waals surface area contributed by atoms with Crippen LogP contribution in [0.4, 0.5) is 10.5 Å². The summed E-state index contributed by atoms with van der Waals surface area (Å²) in [6, 6.07) is 12.4. The van der Waals surface area contributed by atoms with Gasteiger partial charge >= 0.3 is 6.03 Å². The molecule has 2 N–H and O–H groups in total. The van der Waals surface area contributed by atoms with E-state index < -0.39 is 0 Å². The Morgan fingerprint density at radius 2 is 1.96 bits per heavy atom. The minimum Gasteiger partial charge on any atom is -0.497 e. The van der Waals surface area contributed by atoms with E-state index in [1.807, 2.05) is 43.3 Å². The smallest absolute Gasteiger partial charge is 0.319 e. The molecule has 1 atom stereocenters. The number of carbonyl (C=O) groups excluding carboxylic acids is 1. The Morgan fingerprint density at radius 1 is 1.20 bits per heavy atom. The van der Waals surface area contributed by atoms with Crippen LogP contribution in [0.3, 0.4) is 0 Å². The second-order valence-corrected chi connectivity index (χ2v) is 6.56. The van der Waals surface area contributed by atoms with Gasteiger partial charge in [0.1, 0.15) is 5.75 Å². The van der Waals surface area contributed by atoms with Gasteiger partial charge in [0, 0.05) is 11.6 Å². The van der Waals surface area contributed by atoms with Crippen LogP contribution in [0.1, 0.15) is 11.6 Å². The summed E-state index contributed by atoms with van der Waals surface area (Å²) in [5.74, 6) is 0.779. The van der Waals surface area contributed by atoms with Crippen LogP contribution >= 0.6 is 23.2 Å². The van der Waals surface area contributed by atoms with Gasteiger partial charge in [0.2, 0.25) is 0 Å². The number of nitrogens with one attached hydrogen (secondary N) is 2. The number of halogens is 2. The number of likely N-dealkylation sites (N-methyl/N-ethyl adjacent to an activating group) is 1. The van der Waals surface area contributed by atoms with Crippen molar-refractivity contribution in [3.63, 3.8) is 0 Å². The Bertz CT molecular complexity index is 738. The van der Waals surface area contributed by atoms with Crippen molar-refractivity contribution < 1.29 is 9.53 Å². The van der Waals surface area contributed by atoms with Gasteiger partial charge in [-0.05, 0) is 50.0 Å². The lowest BCUT2D eigenvalue weighted by Gasteiger charge is -2.25. The molecule has 2 amide bonds. The molecular formula is C18H21Cl2N3O2.